The summed E-state index contributed by atoms with van der Waals surface area (Å²) in [7, 11) is 0. The molecular formula is C18H26N4. The van der Waals surface area contributed by atoms with Crippen molar-refractivity contribution < 1.29 is 0 Å². The van der Waals surface area contributed by atoms with Crippen molar-refractivity contribution in [2.75, 3.05) is 26.2 Å². The fraction of sp³-hybridized carbons (Fsp3) is 0.500. The molecule has 1 aliphatic heterocycles. The fourth-order valence-corrected chi connectivity index (χ4v) is 3.21. The number of guanidine groups is 1. The largest absolute Gasteiger partial charge is 0.361 e. The molecule has 22 heavy (non-hydrogen) atoms. The minimum atomic E-state index is 0.833. The standard InChI is InChI=1S/C18H26N4/c1-3-19-18(22-11-4-5-12-22)20-10-9-15-13-21-17-14(2)7-6-8-16(15)17/h6-8,13,21H,3-5,9-12H2,1-2H3,(H,19,20). The average Bonchev–Trinajstić information content (AvgIpc) is 3.17. The molecule has 0 atom stereocenters. The first-order valence-corrected chi connectivity index (χ1v) is 8.38. The van der Waals surface area contributed by atoms with Crippen LogP contribution < -0.4 is 5.32 Å². The lowest BCUT2D eigenvalue weighted by Gasteiger charge is -2.20. The van der Waals surface area contributed by atoms with Gasteiger partial charge in [-0.2, -0.15) is 0 Å². The van der Waals surface area contributed by atoms with Crippen LogP contribution in [0, 0.1) is 6.92 Å². The number of hydrogen-bond donors (Lipinski definition) is 2. The van der Waals surface area contributed by atoms with Crippen molar-refractivity contribution in [2.45, 2.75) is 33.1 Å². The maximum Gasteiger partial charge on any atom is 0.193 e. The molecule has 1 saturated heterocycles. The molecule has 1 aromatic heterocycles. The molecule has 4 heteroatoms. The molecule has 2 aromatic rings. The Labute approximate surface area is 132 Å². The number of H-pyrrole nitrogens is 1. The molecule has 0 radical (unpaired) electrons. The van der Waals surface area contributed by atoms with E-state index in [9.17, 15) is 0 Å². The van der Waals surface area contributed by atoms with Crippen molar-refractivity contribution in [1.82, 2.24) is 15.2 Å². The number of nitrogens with zero attached hydrogens (tertiary/aromatic N) is 2. The zero-order valence-electron chi connectivity index (χ0n) is 13.7. The normalized spacial score (nSPS) is 15.7. The van der Waals surface area contributed by atoms with Crippen LogP contribution in [-0.4, -0.2) is 42.0 Å². The highest BCUT2D eigenvalue weighted by atomic mass is 15.3. The molecule has 1 aliphatic rings. The quantitative estimate of drug-likeness (QED) is 0.673. The van der Waals surface area contributed by atoms with Gasteiger partial charge in [-0.25, -0.2) is 0 Å². The van der Waals surface area contributed by atoms with E-state index in [4.69, 9.17) is 4.99 Å². The van der Waals surface area contributed by atoms with Crippen LogP contribution in [-0.2, 0) is 6.42 Å². The molecule has 1 aromatic carbocycles. The molecule has 0 amide bonds. The van der Waals surface area contributed by atoms with Gasteiger partial charge in [0.15, 0.2) is 5.96 Å². The number of nitrogens with one attached hydrogen (secondary N) is 2. The van der Waals surface area contributed by atoms with Crippen LogP contribution in [0.4, 0.5) is 0 Å². The second-order valence-electron chi connectivity index (χ2n) is 5.99. The second kappa shape index (κ2) is 6.86. The van der Waals surface area contributed by atoms with Gasteiger partial charge in [-0.05, 0) is 44.2 Å². The van der Waals surface area contributed by atoms with Crippen molar-refractivity contribution >= 4 is 16.9 Å². The number of fused-ring (bicyclic) bond motifs is 1. The van der Waals surface area contributed by atoms with Crippen molar-refractivity contribution in [3.63, 3.8) is 0 Å². The van der Waals surface area contributed by atoms with Gasteiger partial charge >= 0.3 is 0 Å². The molecule has 0 aliphatic carbocycles. The highest BCUT2D eigenvalue weighted by Crippen LogP contribution is 2.21. The summed E-state index contributed by atoms with van der Waals surface area (Å²) in [5.74, 6) is 1.08. The number of likely N-dealkylation sites (tertiary alicyclic amines) is 1. The van der Waals surface area contributed by atoms with Crippen molar-refractivity contribution in [3.05, 3.63) is 35.5 Å². The van der Waals surface area contributed by atoms with Crippen molar-refractivity contribution in [1.29, 1.82) is 0 Å². The first-order valence-electron chi connectivity index (χ1n) is 8.38. The predicted octanol–water partition coefficient (Wildman–Crippen LogP) is 3.08. The summed E-state index contributed by atoms with van der Waals surface area (Å²) in [6.07, 6.45) is 5.68. The summed E-state index contributed by atoms with van der Waals surface area (Å²) in [5.41, 5.74) is 3.92. The van der Waals surface area contributed by atoms with E-state index in [1.807, 2.05) is 0 Å². The van der Waals surface area contributed by atoms with E-state index in [0.29, 0.717) is 0 Å². The number of aromatic nitrogens is 1. The Balaban J connectivity index is 1.69. The number of para-hydroxylation sites is 1. The first kappa shape index (κ1) is 14.9. The van der Waals surface area contributed by atoms with E-state index in [-0.39, 0.29) is 0 Å². The topological polar surface area (TPSA) is 43.4 Å². The molecular weight excluding hydrogens is 272 g/mol. The summed E-state index contributed by atoms with van der Waals surface area (Å²) in [6.45, 7) is 8.32. The smallest absolute Gasteiger partial charge is 0.193 e. The molecule has 0 unspecified atom stereocenters. The Bertz CT molecular complexity index is 650. The molecule has 4 nitrogen and oxygen atoms in total. The molecule has 0 bridgehead atoms. The molecule has 118 valence electrons. The number of aromatic amines is 1. The summed E-state index contributed by atoms with van der Waals surface area (Å²) in [4.78, 5) is 10.6. The molecule has 3 rings (SSSR count). The van der Waals surface area contributed by atoms with Gasteiger partial charge in [-0.1, -0.05) is 18.2 Å². The number of benzene rings is 1. The Morgan fingerprint density at radius 3 is 2.91 bits per heavy atom. The van der Waals surface area contributed by atoms with Gasteiger partial charge < -0.3 is 15.2 Å². The third kappa shape index (κ3) is 3.11. The number of rotatable bonds is 4. The van der Waals surface area contributed by atoms with Crippen LogP contribution >= 0.6 is 0 Å². The van der Waals surface area contributed by atoms with Crippen LogP contribution in [0.25, 0.3) is 10.9 Å². The number of hydrogen-bond acceptors (Lipinski definition) is 1. The van der Waals surface area contributed by atoms with Gasteiger partial charge in [-0.3, -0.25) is 4.99 Å². The van der Waals surface area contributed by atoms with Gasteiger partial charge in [0.25, 0.3) is 0 Å². The summed E-state index contributed by atoms with van der Waals surface area (Å²) >= 11 is 0. The van der Waals surface area contributed by atoms with Crippen LogP contribution in [0.15, 0.2) is 29.4 Å². The zero-order chi connectivity index (χ0) is 15.4. The van der Waals surface area contributed by atoms with Crippen LogP contribution in [0.5, 0.6) is 0 Å². The highest BCUT2D eigenvalue weighted by Gasteiger charge is 2.15. The SMILES string of the molecule is CCNC(=NCCc1c[nH]c2c(C)cccc12)N1CCCC1. The van der Waals surface area contributed by atoms with Gasteiger partial charge in [0.2, 0.25) is 0 Å². The van der Waals surface area contributed by atoms with Crippen LogP contribution in [0.1, 0.15) is 30.9 Å². The molecule has 0 saturated carbocycles. The van der Waals surface area contributed by atoms with Gasteiger partial charge in [-0.15, -0.1) is 0 Å². The zero-order valence-corrected chi connectivity index (χ0v) is 13.7. The Morgan fingerprint density at radius 1 is 1.32 bits per heavy atom. The van der Waals surface area contributed by atoms with E-state index in [1.165, 1.54) is 34.9 Å². The van der Waals surface area contributed by atoms with E-state index in [1.54, 1.807) is 0 Å². The fourth-order valence-electron chi connectivity index (χ4n) is 3.21. The number of aliphatic imine (C=N–C) groups is 1. The van der Waals surface area contributed by atoms with E-state index >= 15 is 0 Å². The Kier molecular flexibility index (Phi) is 4.66. The lowest BCUT2D eigenvalue weighted by Crippen LogP contribution is -2.39. The summed E-state index contributed by atoms with van der Waals surface area (Å²) < 4.78 is 0. The highest BCUT2D eigenvalue weighted by molar-refractivity contribution is 5.86. The van der Waals surface area contributed by atoms with E-state index in [0.717, 1.165) is 38.6 Å². The van der Waals surface area contributed by atoms with Crippen molar-refractivity contribution in [3.8, 4) is 0 Å². The molecule has 2 heterocycles. The monoisotopic (exact) mass is 298 g/mol. The minimum absolute atomic E-state index is 0.833. The first-order chi connectivity index (χ1) is 10.8. The molecule has 1 fully saturated rings. The predicted molar refractivity (Wildman–Crippen MR) is 93.5 cm³/mol. The second-order valence-corrected chi connectivity index (χ2v) is 5.99. The number of aryl methyl sites for hydroxylation is 1. The summed E-state index contributed by atoms with van der Waals surface area (Å²) in [5, 5.41) is 4.75. The molecule has 2 N–H and O–H groups in total. The van der Waals surface area contributed by atoms with E-state index < -0.39 is 0 Å². The van der Waals surface area contributed by atoms with Gasteiger partial charge in [0.05, 0.1) is 0 Å². The third-order valence-electron chi connectivity index (χ3n) is 4.39. The van der Waals surface area contributed by atoms with Gasteiger partial charge in [0.1, 0.15) is 0 Å². The van der Waals surface area contributed by atoms with E-state index in [2.05, 4.69) is 53.4 Å². The minimum Gasteiger partial charge on any atom is -0.361 e. The lowest BCUT2D eigenvalue weighted by molar-refractivity contribution is 0.494. The maximum absolute atomic E-state index is 4.82. The van der Waals surface area contributed by atoms with Crippen molar-refractivity contribution in [2.24, 2.45) is 4.99 Å². The average molecular weight is 298 g/mol. The van der Waals surface area contributed by atoms with Crippen LogP contribution in [0.2, 0.25) is 0 Å². The van der Waals surface area contributed by atoms with Crippen LogP contribution in [0.3, 0.4) is 0 Å². The Morgan fingerprint density at radius 2 is 2.14 bits per heavy atom. The van der Waals surface area contributed by atoms with Gasteiger partial charge in [0, 0.05) is 43.3 Å². The summed E-state index contributed by atoms with van der Waals surface area (Å²) in [6, 6.07) is 6.48. The molecule has 0 spiro atoms. The maximum atomic E-state index is 4.82. The lowest BCUT2D eigenvalue weighted by atomic mass is 10.1. The Hall–Kier alpha value is -1.97. The third-order valence-corrected chi connectivity index (χ3v) is 4.39.